The largest absolute Gasteiger partial charge is 0.493 e. The molecular weight excluding hydrogens is 679 g/mol. The highest BCUT2D eigenvalue weighted by Gasteiger charge is 2.35. The molecule has 6 rings (SSSR count). The number of nitrogens with zero attached hydrogens (tertiary/aromatic N) is 2. The fourth-order valence-corrected chi connectivity index (χ4v) is 7.16. The molecule has 0 unspecified atom stereocenters. The first-order valence-electron chi connectivity index (χ1n) is 15.8. The maximum atomic E-state index is 14.3. The Morgan fingerprint density at radius 1 is 0.980 bits per heavy atom. The zero-order valence-corrected chi connectivity index (χ0v) is 29.7. The van der Waals surface area contributed by atoms with Crippen molar-refractivity contribution in [2.45, 2.75) is 39.3 Å². The molecule has 0 radical (unpaired) electrons. The number of aromatic nitrogens is 1. The summed E-state index contributed by atoms with van der Waals surface area (Å²) in [4.78, 5) is 33.5. The Hall–Kier alpha value is -4.63. The van der Waals surface area contributed by atoms with Crippen LogP contribution in [0.3, 0.4) is 0 Å². The minimum Gasteiger partial charge on any atom is -0.493 e. The summed E-state index contributed by atoms with van der Waals surface area (Å²) in [5, 5.41) is 0.893. The molecule has 0 amide bonds. The molecule has 0 spiro atoms. The Morgan fingerprint density at radius 3 is 2.37 bits per heavy atom. The summed E-state index contributed by atoms with van der Waals surface area (Å²) >= 11 is 14.3. The number of esters is 1. The minimum atomic E-state index is -0.771. The second kappa shape index (κ2) is 14.9. The van der Waals surface area contributed by atoms with E-state index < -0.39 is 12.0 Å². The molecule has 250 valence electrons. The molecule has 0 N–H and O–H groups in total. The summed E-state index contributed by atoms with van der Waals surface area (Å²) in [5.41, 5.74) is 4.56. The predicted octanol–water partition coefficient (Wildman–Crippen LogP) is 7.95. The van der Waals surface area contributed by atoms with Crippen molar-refractivity contribution in [2.24, 2.45) is 4.99 Å². The molecule has 7 nitrogen and oxygen atoms in total. The normalized spacial score (nSPS) is 14.4. The van der Waals surface area contributed by atoms with Crippen molar-refractivity contribution in [3.8, 4) is 11.5 Å². The molecule has 49 heavy (non-hydrogen) atoms. The number of hydrogen-bond donors (Lipinski definition) is 0. The van der Waals surface area contributed by atoms with Crippen molar-refractivity contribution in [1.82, 2.24) is 4.57 Å². The van der Waals surface area contributed by atoms with Gasteiger partial charge in [0.15, 0.2) is 16.3 Å². The number of hydrogen-bond acceptors (Lipinski definition) is 7. The summed E-state index contributed by atoms with van der Waals surface area (Å²) in [5.74, 6) is 0.547. The molecule has 0 bridgehead atoms. The topological polar surface area (TPSA) is 79.1 Å². The van der Waals surface area contributed by atoms with Crippen LogP contribution in [0.4, 0.5) is 0 Å². The van der Waals surface area contributed by atoms with Crippen LogP contribution < -0.4 is 24.4 Å². The third-order valence-electron chi connectivity index (χ3n) is 8.17. The molecule has 4 aromatic carbocycles. The Morgan fingerprint density at radius 2 is 1.69 bits per heavy atom. The van der Waals surface area contributed by atoms with Crippen LogP contribution in [0.2, 0.25) is 10.0 Å². The molecule has 0 saturated carbocycles. The monoisotopic (exact) mass is 712 g/mol. The molecule has 0 fully saturated rings. The summed E-state index contributed by atoms with van der Waals surface area (Å²) in [6.45, 7) is 6.37. The van der Waals surface area contributed by atoms with Gasteiger partial charge < -0.3 is 14.2 Å². The average molecular weight is 714 g/mol. The maximum Gasteiger partial charge on any atom is 0.338 e. The van der Waals surface area contributed by atoms with Gasteiger partial charge in [-0.3, -0.25) is 9.36 Å². The Balaban J connectivity index is 1.50. The molecule has 1 aliphatic rings. The van der Waals surface area contributed by atoms with Crippen molar-refractivity contribution < 1.29 is 19.0 Å². The average Bonchev–Trinajstić information content (AvgIpc) is 3.41. The Bertz CT molecular complexity index is 2220. The first-order chi connectivity index (χ1) is 23.7. The highest BCUT2D eigenvalue weighted by atomic mass is 35.5. The minimum absolute atomic E-state index is 0.175. The van der Waals surface area contributed by atoms with Crippen molar-refractivity contribution in [1.29, 1.82) is 0 Å². The first kappa shape index (κ1) is 34.2. The third-order valence-corrected chi connectivity index (χ3v) is 9.80. The van der Waals surface area contributed by atoms with Crippen LogP contribution in [0.1, 0.15) is 60.5 Å². The predicted molar refractivity (Wildman–Crippen MR) is 195 cm³/mol. The van der Waals surface area contributed by atoms with Crippen molar-refractivity contribution in [3.05, 3.63) is 154 Å². The van der Waals surface area contributed by atoms with Gasteiger partial charge in [0, 0.05) is 16.1 Å². The summed E-state index contributed by atoms with van der Waals surface area (Å²) in [6.07, 6.45) is 1.74. The van der Waals surface area contributed by atoms with E-state index in [1.165, 1.54) is 18.4 Å². The number of thiazole rings is 1. The van der Waals surface area contributed by atoms with E-state index in [9.17, 15) is 9.59 Å². The Kier molecular flexibility index (Phi) is 10.4. The lowest BCUT2D eigenvalue weighted by atomic mass is 9.91. The SMILES string of the molecule is CCOC(=O)C1=C(c2ccccc2)N=c2s/c(=C\c3cc(Cl)c(OCc4ccccc4Cl)c(OC)c3)c(=O)n2[C@H]1c1ccc(C(C)C)cc1. The van der Waals surface area contributed by atoms with Gasteiger partial charge in [-0.2, -0.15) is 0 Å². The van der Waals surface area contributed by atoms with Crippen molar-refractivity contribution >= 4 is 52.3 Å². The number of carbonyl (C=O) groups excluding carboxylic acids is 1. The standard InChI is InChI=1S/C39H34Cl2N2O5S/c1-5-47-38(45)33-34(26-11-7-6-8-12-26)42-39-43(35(33)27-17-15-25(16-18-27)23(2)3)37(44)32(49-39)21-24-19-30(41)36(31(20-24)46-4)48-22-28-13-9-10-14-29(28)40/h6-21,23,35H,5,22H2,1-4H3/b32-21-/t35-/m0/s1. The molecule has 2 heterocycles. The summed E-state index contributed by atoms with van der Waals surface area (Å²) < 4.78 is 19.2. The highest BCUT2D eigenvalue weighted by molar-refractivity contribution is 7.07. The number of ether oxygens (including phenoxy) is 3. The van der Waals surface area contributed by atoms with E-state index in [0.29, 0.717) is 53.6 Å². The van der Waals surface area contributed by atoms with Gasteiger partial charge in [0.2, 0.25) is 0 Å². The first-order valence-corrected chi connectivity index (χ1v) is 17.4. The van der Waals surface area contributed by atoms with E-state index in [-0.39, 0.29) is 18.8 Å². The number of carbonyl (C=O) groups is 1. The lowest BCUT2D eigenvalue weighted by Gasteiger charge is -2.26. The van der Waals surface area contributed by atoms with Crippen LogP contribution >= 0.6 is 34.5 Å². The van der Waals surface area contributed by atoms with Crippen LogP contribution in [-0.2, 0) is 16.1 Å². The van der Waals surface area contributed by atoms with E-state index in [0.717, 1.165) is 22.3 Å². The number of benzene rings is 4. The van der Waals surface area contributed by atoms with E-state index in [1.807, 2.05) is 72.8 Å². The van der Waals surface area contributed by atoms with Crippen LogP contribution in [0.15, 0.2) is 106 Å². The van der Waals surface area contributed by atoms with E-state index in [1.54, 1.807) is 35.8 Å². The summed E-state index contributed by atoms with van der Waals surface area (Å²) in [6, 6.07) is 27.6. The van der Waals surface area contributed by atoms with Gasteiger partial charge >= 0.3 is 5.97 Å². The van der Waals surface area contributed by atoms with Gasteiger partial charge in [-0.1, -0.05) is 121 Å². The van der Waals surface area contributed by atoms with E-state index >= 15 is 0 Å². The fraction of sp³-hybridized carbons (Fsp3) is 0.205. The number of fused-ring (bicyclic) bond motifs is 1. The Labute approximate surface area is 298 Å². The van der Waals surface area contributed by atoms with Gasteiger partial charge in [0.25, 0.3) is 5.56 Å². The zero-order chi connectivity index (χ0) is 34.7. The number of rotatable bonds is 10. The van der Waals surface area contributed by atoms with E-state index in [4.69, 9.17) is 42.4 Å². The van der Waals surface area contributed by atoms with Gasteiger partial charge in [0.1, 0.15) is 6.61 Å². The molecular formula is C39H34Cl2N2O5S. The summed E-state index contributed by atoms with van der Waals surface area (Å²) in [7, 11) is 1.53. The molecule has 0 saturated heterocycles. The highest BCUT2D eigenvalue weighted by Crippen LogP contribution is 2.38. The molecule has 1 aliphatic heterocycles. The van der Waals surface area contributed by atoms with Gasteiger partial charge in [-0.15, -0.1) is 0 Å². The number of methoxy groups -OCH3 is 1. The van der Waals surface area contributed by atoms with Crippen molar-refractivity contribution in [3.63, 3.8) is 0 Å². The second-order valence-electron chi connectivity index (χ2n) is 11.7. The quantitative estimate of drug-likeness (QED) is 0.137. The second-order valence-corrected chi connectivity index (χ2v) is 13.5. The van der Waals surface area contributed by atoms with E-state index in [2.05, 4.69) is 13.8 Å². The van der Waals surface area contributed by atoms with Gasteiger partial charge in [-0.05, 0) is 53.8 Å². The molecule has 0 aliphatic carbocycles. The smallest absolute Gasteiger partial charge is 0.338 e. The fourth-order valence-electron chi connectivity index (χ4n) is 5.70. The molecule has 1 atom stereocenters. The van der Waals surface area contributed by atoms with Crippen LogP contribution in [0.25, 0.3) is 11.8 Å². The van der Waals surface area contributed by atoms with Crippen LogP contribution in [0, 0.1) is 0 Å². The van der Waals surface area contributed by atoms with Crippen LogP contribution in [0.5, 0.6) is 11.5 Å². The molecule has 5 aromatic rings. The van der Waals surface area contributed by atoms with Gasteiger partial charge in [0.05, 0.1) is 40.6 Å². The maximum absolute atomic E-state index is 14.3. The van der Waals surface area contributed by atoms with Crippen molar-refractivity contribution in [2.75, 3.05) is 13.7 Å². The lowest BCUT2D eigenvalue weighted by molar-refractivity contribution is -0.138. The van der Waals surface area contributed by atoms with Gasteiger partial charge in [-0.25, -0.2) is 9.79 Å². The zero-order valence-electron chi connectivity index (χ0n) is 27.4. The third kappa shape index (κ3) is 7.08. The number of halogens is 2. The van der Waals surface area contributed by atoms with Crippen LogP contribution in [-0.4, -0.2) is 24.3 Å². The lowest BCUT2D eigenvalue weighted by Crippen LogP contribution is -2.40. The molecule has 1 aromatic heterocycles. The molecule has 10 heteroatoms.